The second-order valence-electron chi connectivity index (χ2n) is 4.65. The molecule has 0 fully saturated rings. The topological polar surface area (TPSA) is 93.2 Å². The molecule has 1 atom stereocenters. The molecular weight excluding hydrogens is 364 g/mol. The monoisotopic (exact) mass is 374 g/mol. The molecule has 7 heteroatoms. The van der Waals surface area contributed by atoms with Crippen LogP contribution >= 0.6 is 15.9 Å². The van der Waals surface area contributed by atoms with Crippen LogP contribution in [0.4, 0.5) is 5.69 Å². The van der Waals surface area contributed by atoms with Crippen LogP contribution in [0.5, 0.6) is 0 Å². The van der Waals surface area contributed by atoms with Gasteiger partial charge in [-0.25, -0.2) is 0 Å². The number of nitro benzene ring substituents is 1. The van der Waals surface area contributed by atoms with Gasteiger partial charge >= 0.3 is 5.97 Å². The first-order chi connectivity index (χ1) is 11.0. The van der Waals surface area contributed by atoms with Crippen LogP contribution in [-0.4, -0.2) is 18.0 Å². The van der Waals surface area contributed by atoms with Gasteiger partial charge in [-0.05, 0) is 29.3 Å². The minimum atomic E-state index is -0.763. The summed E-state index contributed by atoms with van der Waals surface area (Å²) >= 11 is 3.32. The SMILES string of the molecule is COC(=O)C(c1ccc(Br)cc1)c1ccc([N+](=O)[O-])c(C#N)c1. The smallest absolute Gasteiger partial charge is 0.317 e. The molecule has 116 valence electrons. The second kappa shape index (κ2) is 7.03. The first-order valence-electron chi connectivity index (χ1n) is 6.49. The van der Waals surface area contributed by atoms with Crippen LogP contribution < -0.4 is 0 Å². The standard InChI is InChI=1S/C16H11BrN2O4/c1-23-16(20)15(10-2-5-13(17)6-3-10)11-4-7-14(19(21)22)12(8-11)9-18/h2-8,15H,1H3. The number of nitriles is 1. The van der Waals surface area contributed by atoms with Crippen molar-refractivity contribution in [2.24, 2.45) is 0 Å². The first kappa shape index (κ1) is 16.6. The van der Waals surface area contributed by atoms with Crippen LogP contribution in [0, 0.1) is 21.4 Å². The van der Waals surface area contributed by atoms with E-state index in [1.807, 2.05) is 0 Å². The maximum absolute atomic E-state index is 12.2. The van der Waals surface area contributed by atoms with Crippen molar-refractivity contribution in [1.82, 2.24) is 0 Å². The van der Waals surface area contributed by atoms with Crippen molar-refractivity contribution in [1.29, 1.82) is 5.26 Å². The van der Waals surface area contributed by atoms with E-state index in [4.69, 9.17) is 10.00 Å². The van der Waals surface area contributed by atoms with Gasteiger partial charge in [-0.2, -0.15) is 5.26 Å². The third-order valence-corrected chi connectivity index (χ3v) is 3.84. The second-order valence-corrected chi connectivity index (χ2v) is 5.57. The molecule has 2 aromatic carbocycles. The van der Waals surface area contributed by atoms with Crippen molar-refractivity contribution >= 4 is 27.6 Å². The van der Waals surface area contributed by atoms with E-state index in [0.29, 0.717) is 11.1 Å². The Balaban J connectivity index is 2.57. The molecule has 0 N–H and O–H groups in total. The molecule has 23 heavy (non-hydrogen) atoms. The van der Waals surface area contributed by atoms with Gasteiger partial charge in [-0.1, -0.05) is 34.1 Å². The summed E-state index contributed by atoms with van der Waals surface area (Å²) < 4.78 is 5.69. The molecule has 0 saturated carbocycles. The number of ether oxygens (including phenoxy) is 1. The number of nitro groups is 1. The van der Waals surface area contributed by atoms with Crippen molar-refractivity contribution < 1.29 is 14.5 Å². The molecule has 0 spiro atoms. The van der Waals surface area contributed by atoms with Crippen LogP contribution in [0.1, 0.15) is 22.6 Å². The number of nitrogens with zero attached hydrogens (tertiary/aromatic N) is 2. The molecule has 2 aromatic rings. The summed E-state index contributed by atoms with van der Waals surface area (Å²) in [6.45, 7) is 0. The largest absolute Gasteiger partial charge is 0.468 e. The third kappa shape index (κ3) is 3.55. The van der Waals surface area contributed by atoms with Gasteiger partial charge in [0.2, 0.25) is 0 Å². The molecule has 0 amide bonds. The van der Waals surface area contributed by atoms with Crippen molar-refractivity contribution in [2.45, 2.75) is 5.92 Å². The first-order valence-corrected chi connectivity index (χ1v) is 7.29. The number of methoxy groups -OCH3 is 1. The summed E-state index contributed by atoms with van der Waals surface area (Å²) in [5, 5.41) is 20.0. The van der Waals surface area contributed by atoms with E-state index in [-0.39, 0.29) is 11.3 Å². The Morgan fingerprint density at radius 3 is 2.39 bits per heavy atom. The predicted molar refractivity (Wildman–Crippen MR) is 85.8 cm³/mol. The molecule has 0 aliphatic heterocycles. The van der Waals surface area contributed by atoms with E-state index in [1.165, 1.54) is 25.3 Å². The van der Waals surface area contributed by atoms with Gasteiger partial charge in [0.15, 0.2) is 0 Å². The van der Waals surface area contributed by atoms with Crippen molar-refractivity contribution in [3.05, 3.63) is 73.7 Å². The highest BCUT2D eigenvalue weighted by molar-refractivity contribution is 9.10. The molecule has 0 aliphatic carbocycles. The number of rotatable bonds is 4. The maximum Gasteiger partial charge on any atom is 0.317 e. The molecule has 2 rings (SSSR count). The molecule has 6 nitrogen and oxygen atoms in total. The summed E-state index contributed by atoms with van der Waals surface area (Å²) in [6, 6.07) is 12.9. The molecule has 0 aromatic heterocycles. The number of carbonyl (C=O) groups excluding carboxylic acids is 1. The normalized spacial score (nSPS) is 11.3. The van der Waals surface area contributed by atoms with E-state index in [9.17, 15) is 14.9 Å². The lowest BCUT2D eigenvalue weighted by Gasteiger charge is -2.16. The summed E-state index contributed by atoms with van der Waals surface area (Å²) in [5.41, 5.74) is 0.730. The fourth-order valence-corrected chi connectivity index (χ4v) is 2.48. The summed E-state index contributed by atoms with van der Waals surface area (Å²) in [7, 11) is 1.27. The van der Waals surface area contributed by atoms with Crippen LogP contribution in [-0.2, 0) is 9.53 Å². The number of halogens is 1. The Bertz CT molecular complexity index is 797. The minimum absolute atomic E-state index is 0.0986. The molecule has 0 aliphatic rings. The zero-order valence-electron chi connectivity index (χ0n) is 12.0. The van der Waals surface area contributed by atoms with Crippen LogP contribution in [0.2, 0.25) is 0 Å². The van der Waals surface area contributed by atoms with Crippen LogP contribution in [0.25, 0.3) is 0 Å². The number of carbonyl (C=O) groups is 1. The number of hydrogen-bond acceptors (Lipinski definition) is 5. The maximum atomic E-state index is 12.2. The Hall–Kier alpha value is -2.72. The van der Waals surface area contributed by atoms with Crippen molar-refractivity contribution in [3.8, 4) is 6.07 Å². The highest BCUT2D eigenvalue weighted by Gasteiger charge is 2.26. The van der Waals surface area contributed by atoms with Crippen LogP contribution in [0.3, 0.4) is 0 Å². The highest BCUT2D eigenvalue weighted by atomic mass is 79.9. The summed E-state index contributed by atoms with van der Waals surface area (Å²) in [5.74, 6) is -1.27. The van der Waals surface area contributed by atoms with E-state index in [1.54, 1.807) is 30.3 Å². The summed E-state index contributed by atoms with van der Waals surface area (Å²) in [6.07, 6.45) is 0. The van der Waals surface area contributed by atoms with Gasteiger partial charge in [0.1, 0.15) is 17.6 Å². The van der Waals surface area contributed by atoms with E-state index < -0.39 is 16.8 Å². The molecule has 0 saturated heterocycles. The molecular formula is C16H11BrN2O4. The van der Waals surface area contributed by atoms with Gasteiger partial charge in [-0.3, -0.25) is 14.9 Å². The quantitative estimate of drug-likeness (QED) is 0.463. The molecule has 0 bridgehead atoms. The minimum Gasteiger partial charge on any atom is -0.468 e. The predicted octanol–water partition coefficient (Wildman–Crippen LogP) is 3.53. The highest BCUT2D eigenvalue weighted by Crippen LogP contribution is 2.30. The van der Waals surface area contributed by atoms with Gasteiger partial charge in [0.05, 0.1) is 12.0 Å². The lowest BCUT2D eigenvalue weighted by molar-refractivity contribution is -0.385. The molecule has 0 heterocycles. The van der Waals surface area contributed by atoms with Gasteiger partial charge in [0.25, 0.3) is 5.69 Å². The average Bonchev–Trinajstić information content (AvgIpc) is 2.56. The zero-order valence-corrected chi connectivity index (χ0v) is 13.6. The lowest BCUT2D eigenvalue weighted by atomic mass is 9.90. The zero-order chi connectivity index (χ0) is 17.0. The molecule has 0 radical (unpaired) electrons. The van der Waals surface area contributed by atoms with E-state index in [0.717, 1.165) is 4.47 Å². The van der Waals surface area contributed by atoms with Gasteiger partial charge < -0.3 is 4.74 Å². The van der Waals surface area contributed by atoms with Crippen molar-refractivity contribution in [2.75, 3.05) is 7.11 Å². The Morgan fingerprint density at radius 1 is 1.26 bits per heavy atom. The number of hydrogen-bond donors (Lipinski definition) is 0. The Labute approximate surface area is 140 Å². The Kier molecular flexibility index (Phi) is 5.09. The van der Waals surface area contributed by atoms with E-state index >= 15 is 0 Å². The third-order valence-electron chi connectivity index (χ3n) is 3.31. The fourth-order valence-electron chi connectivity index (χ4n) is 2.22. The number of benzene rings is 2. The van der Waals surface area contributed by atoms with Gasteiger partial charge in [-0.15, -0.1) is 0 Å². The summed E-state index contributed by atoms with van der Waals surface area (Å²) in [4.78, 5) is 22.5. The fraction of sp³-hybridized carbons (Fsp3) is 0.125. The van der Waals surface area contributed by atoms with E-state index in [2.05, 4.69) is 15.9 Å². The number of esters is 1. The van der Waals surface area contributed by atoms with Crippen molar-refractivity contribution in [3.63, 3.8) is 0 Å². The lowest BCUT2D eigenvalue weighted by Crippen LogP contribution is -2.16. The Morgan fingerprint density at radius 2 is 1.87 bits per heavy atom. The average molecular weight is 375 g/mol. The van der Waals surface area contributed by atoms with Crippen LogP contribution in [0.15, 0.2) is 46.9 Å². The molecule has 1 unspecified atom stereocenters. The van der Waals surface area contributed by atoms with Gasteiger partial charge in [0, 0.05) is 10.5 Å².